The van der Waals surface area contributed by atoms with Crippen LogP contribution >= 0.6 is 0 Å². The number of hydrogen-bond acceptors (Lipinski definition) is 2. The van der Waals surface area contributed by atoms with Crippen molar-refractivity contribution in [2.45, 2.75) is 31.7 Å². The fourth-order valence-electron chi connectivity index (χ4n) is 3.28. The highest BCUT2D eigenvalue weighted by Crippen LogP contribution is 2.30. The van der Waals surface area contributed by atoms with Gasteiger partial charge >= 0.3 is 6.03 Å². The number of carbonyl (C=O) groups excluding carboxylic acids is 2. The molecule has 0 aliphatic carbocycles. The summed E-state index contributed by atoms with van der Waals surface area (Å²) < 4.78 is 0. The van der Waals surface area contributed by atoms with Gasteiger partial charge in [0, 0.05) is 30.2 Å². The summed E-state index contributed by atoms with van der Waals surface area (Å²) in [4.78, 5) is 28.4. The first-order valence-corrected chi connectivity index (χ1v) is 7.97. The Morgan fingerprint density at radius 3 is 2.65 bits per heavy atom. The second-order valence-electron chi connectivity index (χ2n) is 6.14. The highest BCUT2D eigenvalue weighted by Gasteiger charge is 2.27. The monoisotopic (exact) mass is 314 g/mol. The fraction of sp³-hybridized carbons (Fsp3) is 0.412. The molecule has 1 atom stereocenters. The third-order valence-corrected chi connectivity index (χ3v) is 4.53. The van der Waals surface area contributed by atoms with Crippen molar-refractivity contribution in [1.82, 2.24) is 15.2 Å². The second-order valence-corrected chi connectivity index (χ2v) is 6.14. The summed E-state index contributed by atoms with van der Waals surface area (Å²) in [5.41, 5.74) is 7.46. The zero-order valence-electron chi connectivity index (χ0n) is 13.2. The van der Waals surface area contributed by atoms with Gasteiger partial charge in [0.15, 0.2) is 0 Å². The number of likely N-dealkylation sites (tertiary alicyclic amines) is 1. The molecule has 2 heterocycles. The summed E-state index contributed by atoms with van der Waals surface area (Å²) in [6, 6.07) is 9.20. The summed E-state index contributed by atoms with van der Waals surface area (Å²) in [6.07, 6.45) is 1.84. The van der Waals surface area contributed by atoms with Crippen molar-refractivity contribution in [3.63, 3.8) is 0 Å². The lowest BCUT2D eigenvalue weighted by Crippen LogP contribution is -2.50. The molecule has 0 saturated carbocycles. The van der Waals surface area contributed by atoms with Gasteiger partial charge in [-0.3, -0.25) is 4.79 Å². The van der Waals surface area contributed by atoms with Crippen LogP contribution in [0.2, 0.25) is 0 Å². The molecular weight excluding hydrogens is 292 g/mol. The Morgan fingerprint density at radius 1 is 1.30 bits per heavy atom. The smallest absolute Gasteiger partial charge is 0.312 e. The number of urea groups is 1. The molecule has 23 heavy (non-hydrogen) atoms. The van der Waals surface area contributed by atoms with Crippen molar-refractivity contribution < 1.29 is 9.59 Å². The van der Waals surface area contributed by atoms with Crippen molar-refractivity contribution in [3.8, 4) is 0 Å². The van der Waals surface area contributed by atoms with E-state index in [0.29, 0.717) is 19.0 Å². The Morgan fingerprint density at radius 2 is 2.00 bits per heavy atom. The van der Waals surface area contributed by atoms with Crippen molar-refractivity contribution >= 4 is 22.8 Å². The third-order valence-electron chi connectivity index (χ3n) is 4.53. The van der Waals surface area contributed by atoms with Crippen molar-refractivity contribution in [1.29, 1.82) is 0 Å². The number of fused-ring (bicyclic) bond motifs is 1. The average molecular weight is 314 g/mol. The van der Waals surface area contributed by atoms with Crippen molar-refractivity contribution in [3.05, 3.63) is 36.0 Å². The highest BCUT2D eigenvalue weighted by molar-refractivity contribution is 5.86. The van der Waals surface area contributed by atoms with Gasteiger partial charge < -0.3 is 20.9 Å². The van der Waals surface area contributed by atoms with Crippen molar-refractivity contribution in [2.75, 3.05) is 13.1 Å². The number of hydrogen-bond donors (Lipinski definition) is 3. The number of nitrogens with one attached hydrogen (secondary N) is 2. The number of aromatic nitrogens is 1. The first-order chi connectivity index (χ1) is 11.0. The molecule has 1 fully saturated rings. The van der Waals surface area contributed by atoms with Crippen LogP contribution in [-0.4, -0.2) is 41.0 Å². The maximum absolute atomic E-state index is 12.3. The molecule has 6 heteroatoms. The van der Waals surface area contributed by atoms with Crippen LogP contribution in [0.3, 0.4) is 0 Å². The van der Waals surface area contributed by atoms with Crippen LogP contribution in [-0.2, 0) is 4.79 Å². The zero-order chi connectivity index (χ0) is 16.4. The number of primary amides is 1. The van der Waals surface area contributed by atoms with Crippen LogP contribution in [0, 0.1) is 0 Å². The predicted molar refractivity (Wildman–Crippen MR) is 89.0 cm³/mol. The Kier molecular flexibility index (Phi) is 4.23. The summed E-state index contributed by atoms with van der Waals surface area (Å²) in [5.74, 6) is 0.366. The normalized spacial score (nSPS) is 17.2. The van der Waals surface area contributed by atoms with Gasteiger partial charge in [-0.2, -0.15) is 0 Å². The molecule has 0 radical (unpaired) electrons. The molecule has 0 spiro atoms. The third kappa shape index (κ3) is 3.31. The van der Waals surface area contributed by atoms with Gasteiger partial charge in [0.2, 0.25) is 5.91 Å². The standard InChI is InChI=1S/C17H22N4O2/c1-11(19-17(18)23)16(22)21-8-6-12(7-9-21)15-10-13-4-2-3-5-14(13)20-15/h2-5,10-12,20H,6-9H2,1H3,(H3,18,19,23). The SMILES string of the molecule is CC(NC(N)=O)C(=O)N1CCC(c2cc3ccccc3[nH]2)CC1. The zero-order valence-corrected chi connectivity index (χ0v) is 13.2. The summed E-state index contributed by atoms with van der Waals surface area (Å²) in [7, 11) is 0. The molecular formula is C17H22N4O2. The number of amides is 3. The molecule has 1 aromatic carbocycles. The van der Waals surface area contributed by atoms with Gasteiger partial charge in [0.1, 0.15) is 6.04 Å². The van der Waals surface area contributed by atoms with E-state index in [4.69, 9.17) is 5.73 Å². The number of nitrogens with zero attached hydrogens (tertiary/aromatic N) is 1. The number of para-hydroxylation sites is 1. The number of carbonyl (C=O) groups is 2. The maximum Gasteiger partial charge on any atom is 0.312 e. The van der Waals surface area contributed by atoms with E-state index >= 15 is 0 Å². The van der Waals surface area contributed by atoms with Gasteiger partial charge in [-0.25, -0.2) is 4.79 Å². The number of nitrogens with two attached hydrogens (primary N) is 1. The minimum atomic E-state index is -0.668. The number of rotatable bonds is 3. The van der Waals surface area contributed by atoms with Crippen molar-refractivity contribution in [2.24, 2.45) is 5.73 Å². The topological polar surface area (TPSA) is 91.2 Å². The molecule has 122 valence electrons. The van der Waals surface area contributed by atoms with Gasteiger partial charge in [-0.1, -0.05) is 18.2 Å². The van der Waals surface area contributed by atoms with Crippen LogP contribution in [0.1, 0.15) is 31.4 Å². The maximum atomic E-state index is 12.3. The largest absolute Gasteiger partial charge is 0.358 e. The number of aromatic amines is 1. The Bertz CT molecular complexity index is 683. The lowest BCUT2D eigenvalue weighted by Gasteiger charge is -2.33. The van der Waals surface area contributed by atoms with E-state index < -0.39 is 12.1 Å². The first-order valence-electron chi connectivity index (χ1n) is 7.97. The van der Waals surface area contributed by atoms with E-state index in [2.05, 4.69) is 28.5 Å². The van der Waals surface area contributed by atoms with E-state index in [0.717, 1.165) is 18.4 Å². The molecule has 4 N–H and O–H groups in total. The molecule has 0 bridgehead atoms. The lowest BCUT2D eigenvalue weighted by molar-refractivity contribution is -0.133. The molecule has 6 nitrogen and oxygen atoms in total. The number of piperidine rings is 1. The van der Waals surface area contributed by atoms with Crippen LogP contribution in [0.25, 0.3) is 10.9 Å². The van der Waals surface area contributed by atoms with Crippen LogP contribution < -0.4 is 11.1 Å². The van der Waals surface area contributed by atoms with Gasteiger partial charge in [-0.05, 0) is 37.3 Å². The number of H-pyrrole nitrogens is 1. The fourth-order valence-corrected chi connectivity index (χ4v) is 3.28. The Balaban J connectivity index is 1.61. The van der Waals surface area contributed by atoms with E-state index in [-0.39, 0.29) is 5.91 Å². The molecule has 1 aromatic heterocycles. The molecule has 2 aromatic rings. The summed E-state index contributed by atoms with van der Waals surface area (Å²) >= 11 is 0. The average Bonchev–Trinajstić information content (AvgIpc) is 2.97. The quantitative estimate of drug-likeness (QED) is 0.808. The molecule has 1 aliphatic heterocycles. The van der Waals surface area contributed by atoms with E-state index in [1.165, 1.54) is 11.1 Å². The summed E-state index contributed by atoms with van der Waals surface area (Å²) in [6.45, 7) is 3.06. The van der Waals surface area contributed by atoms with Crippen LogP contribution in [0.5, 0.6) is 0 Å². The van der Waals surface area contributed by atoms with Crippen LogP contribution in [0.15, 0.2) is 30.3 Å². The highest BCUT2D eigenvalue weighted by atomic mass is 16.2. The number of benzene rings is 1. The van der Waals surface area contributed by atoms with Gasteiger partial charge in [0.05, 0.1) is 0 Å². The molecule has 3 rings (SSSR count). The second kappa shape index (κ2) is 6.32. The molecule has 3 amide bonds. The first kappa shape index (κ1) is 15.4. The lowest BCUT2D eigenvalue weighted by atomic mass is 9.93. The minimum Gasteiger partial charge on any atom is -0.358 e. The Hall–Kier alpha value is -2.50. The van der Waals surface area contributed by atoms with Gasteiger partial charge in [-0.15, -0.1) is 0 Å². The predicted octanol–water partition coefficient (Wildman–Crippen LogP) is 1.93. The molecule has 1 unspecified atom stereocenters. The summed E-state index contributed by atoms with van der Waals surface area (Å²) in [5, 5.41) is 3.66. The van der Waals surface area contributed by atoms with E-state index in [9.17, 15) is 9.59 Å². The van der Waals surface area contributed by atoms with Gasteiger partial charge in [0.25, 0.3) is 0 Å². The molecule has 1 aliphatic rings. The van der Waals surface area contributed by atoms with E-state index in [1.807, 2.05) is 12.1 Å². The van der Waals surface area contributed by atoms with E-state index in [1.54, 1.807) is 11.8 Å². The Labute approximate surface area is 135 Å². The van der Waals surface area contributed by atoms with Crippen LogP contribution in [0.4, 0.5) is 4.79 Å². The minimum absolute atomic E-state index is 0.0705. The molecule has 1 saturated heterocycles.